The molecule has 0 unspecified atom stereocenters. The van der Waals surface area contributed by atoms with Crippen LogP contribution in [0, 0.1) is 6.92 Å². The molecule has 1 aromatic heterocycles. The van der Waals surface area contributed by atoms with Gasteiger partial charge in [-0.05, 0) is 24.5 Å². The molecule has 2 aromatic rings. The van der Waals surface area contributed by atoms with E-state index in [2.05, 4.69) is 44.1 Å². The first-order valence-electron chi connectivity index (χ1n) is 6.03. The minimum Gasteiger partial charge on any atom is -0.268 e. The number of fused-ring (bicyclic) bond motifs is 1. The van der Waals surface area contributed by atoms with Crippen LogP contribution < -0.4 is 0 Å². The Morgan fingerprint density at radius 2 is 1.76 bits per heavy atom. The third kappa shape index (κ3) is 3.62. The summed E-state index contributed by atoms with van der Waals surface area (Å²) in [5, 5.41) is 5.67. The quantitative estimate of drug-likeness (QED) is 0.778. The Morgan fingerprint density at radius 3 is 2.29 bits per heavy atom. The van der Waals surface area contributed by atoms with E-state index in [1.165, 1.54) is 16.5 Å². The molecule has 0 atom stereocenters. The van der Waals surface area contributed by atoms with Crippen molar-refractivity contribution in [1.29, 1.82) is 0 Å². The van der Waals surface area contributed by atoms with Crippen LogP contribution in [0.1, 0.15) is 44.9 Å². The average molecular weight is 307 g/mol. The summed E-state index contributed by atoms with van der Waals surface area (Å²) >= 11 is 0. The van der Waals surface area contributed by atoms with Gasteiger partial charge in [-0.1, -0.05) is 39.8 Å². The number of nitrogens with zero attached hydrogens (tertiary/aromatic N) is 2. The molecule has 0 amide bonds. The Morgan fingerprint density at radius 1 is 1.18 bits per heavy atom. The van der Waals surface area contributed by atoms with E-state index in [4.69, 9.17) is 0 Å². The van der Waals surface area contributed by atoms with E-state index in [0.29, 0.717) is 5.92 Å². The van der Waals surface area contributed by atoms with Crippen LogP contribution in [0.25, 0.3) is 10.9 Å². The van der Waals surface area contributed by atoms with Crippen molar-refractivity contribution in [2.45, 2.75) is 40.5 Å². The van der Waals surface area contributed by atoms with Crippen molar-refractivity contribution >= 4 is 10.9 Å². The molecule has 0 N–H and O–H groups in total. The smallest absolute Gasteiger partial charge is 0.0684 e. The maximum atomic E-state index is 4.41. The molecule has 91 valence electrons. The average Bonchev–Trinajstić information content (AvgIpc) is 2.57. The predicted molar refractivity (Wildman–Crippen MR) is 70.9 cm³/mol. The molecule has 0 saturated carbocycles. The van der Waals surface area contributed by atoms with Crippen molar-refractivity contribution in [3.8, 4) is 0 Å². The molecule has 1 aromatic carbocycles. The third-order valence-corrected chi connectivity index (χ3v) is 2.73. The summed E-state index contributed by atoms with van der Waals surface area (Å²) in [5.41, 5.74) is 3.71. The Labute approximate surface area is 130 Å². The molecule has 0 aliphatic carbocycles. The van der Waals surface area contributed by atoms with Crippen LogP contribution >= 0.6 is 0 Å². The molecule has 2 nitrogen and oxygen atoms in total. The third-order valence-electron chi connectivity index (χ3n) is 2.73. The van der Waals surface area contributed by atoms with E-state index >= 15 is 0 Å². The minimum atomic E-state index is 0. The van der Waals surface area contributed by atoms with Gasteiger partial charge >= 0.3 is 0 Å². The fourth-order valence-corrected chi connectivity index (χ4v) is 1.81. The molecule has 0 aliphatic rings. The number of benzene rings is 1. The molecule has 0 saturated heterocycles. The van der Waals surface area contributed by atoms with E-state index < -0.39 is 0 Å². The number of rotatable bonds is 1. The summed E-state index contributed by atoms with van der Waals surface area (Å²) in [6.07, 6.45) is 0. The van der Waals surface area contributed by atoms with Crippen LogP contribution in [0.4, 0.5) is 0 Å². The van der Waals surface area contributed by atoms with E-state index in [0.717, 1.165) is 5.69 Å². The summed E-state index contributed by atoms with van der Waals surface area (Å²) in [5.74, 6) is 0.578. The Hall–Kier alpha value is -0.206. The normalized spacial score (nSPS) is 9.82. The van der Waals surface area contributed by atoms with Gasteiger partial charge in [-0.25, -0.2) is 0 Å². The van der Waals surface area contributed by atoms with Crippen molar-refractivity contribution < 1.29 is 32.7 Å². The van der Waals surface area contributed by atoms with Crippen molar-refractivity contribution in [1.82, 2.24) is 9.78 Å². The molecule has 2 rings (SSSR count). The molecule has 0 fully saturated rings. The standard InChI is InChI=1S/C12H16N2.C2H6.Y/c1-8(2)10-5-6-11-9(3)13-14(4)12(11)7-10;1-2;/h5-8H,1-4H3;1-2H3;. The van der Waals surface area contributed by atoms with Gasteiger partial charge in [0.1, 0.15) is 0 Å². The summed E-state index contributed by atoms with van der Waals surface area (Å²) in [7, 11) is 2.00. The minimum absolute atomic E-state index is 0. The van der Waals surface area contributed by atoms with Gasteiger partial charge in [0.25, 0.3) is 0 Å². The van der Waals surface area contributed by atoms with Crippen LogP contribution in [0.15, 0.2) is 18.2 Å². The molecule has 0 aliphatic heterocycles. The maximum Gasteiger partial charge on any atom is 0.0684 e. The first-order chi connectivity index (χ1) is 7.59. The van der Waals surface area contributed by atoms with Gasteiger partial charge in [-0.2, -0.15) is 5.10 Å². The second-order valence-corrected chi connectivity index (χ2v) is 4.14. The van der Waals surface area contributed by atoms with Crippen LogP contribution in [0.3, 0.4) is 0 Å². The molecular formula is C14H22N2Y. The topological polar surface area (TPSA) is 17.8 Å². The first-order valence-corrected chi connectivity index (χ1v) is 6.03. The van der Waals surface area contributed by atoms with E-state index in [-0.39, 0.29) is 32.7 Å². The van der Waals surface area contributed by atoms with Gasteiger partial charge in [0.05, 0.1) is 11.2 Å². The molecule has 1 heterocycles. The predicted octanol–water partition coefficient (Wildman–Crippen LogP) is 4.03. The Kier molecular flexibility index (Phi) is 7.19. The largest absolute Gasteiger partial charge is 0.268 e. The number of aromatic nitrogens is 2. The zero-order valence-electron chi connectivity index (χ0n) is 11.8. The van der Waals surface area contributed by atoms with Crippen molar-refractivity contribution in [3.05, 3.63) is 29.5 Å². The van der Waals surface area contributed by atoms with Gasteiger partial charge in [-0.3, -0.25) is 4.68 Å². The zero-order chi connectivity index (χ0) is 12.3. The van der Waals surface area contributed by atoms with Crippen LogP contribution in [-0.2, 0) is 39.8 Å². The first kappa shape index (κ1) is 16.8. The van der Waals surface area contributed by atoms with E-state index in [9.17, 15) is 0 Å². The van der Waals surface area contributed by atoms with Gasteiger partial charge in [0.2, 0.25) is 0 Å². The van der Waals surface area contributed by atoms with Crippen molar-refractivity contribution in [3.63, 3.8) is 0 Å². The van der Waals surface area contributed by atoms with Crippen molar-refractivity contribution in [2.24, 2.45) is 7.05 Å². The van der Waals surface area contributed by atoms with E-state index in [1.807, 2.05) is 25.6 Å². The summed E-state index contributed by atoms with van der Waals surface area (Å²) in [6, 6.07) is 6.61. The fourth-order valence-electron chi connectivity index (χ4n) is 1.81. The fraction of sp³-hybridized carbons (Fsp3) is 0.500. The van der Waals surface area contributed by atoms with Gasteiger partial charge in [0, 0.05) is 45.1 Å². The van der Waals surface area contributed by atoms with Crippen molar-refractivity contribution in [2.75, 3.05) is 0 Å². The second kappa shape index (κ2) is 7.28. The Bertz CT molecular complexity index is 472. The van der Waals surface area contributed by atoms with Gasteiger partial charge < -0.3 is 0 Å². The number of hydrogen-bond acceptors (Lipinski definition) is 1. The Balaban J connectivity index is 0.000000811. The molecule has 3 heteroatoms. The molecule has 0 spiro atoms. The van der Waals surface area contributed by atoms with Crippen LogP contribution in [0.2, 0.25) is 0 Å². The number of aryl methyl sites for hydroxylation is 2. The van der Waals surface area contributed by atoms with Gasteiger partial charge in [-0.15, -0.1) is 0 Å². The number of hydrogen-bond donors (Lipinski definition) is 0. The van der Waals surface area contributed by atoms with Gasteiger partial charge in [0.15, 0.2) is 0 Å². The molecule has 1 radical (unpaired) electrons. The summed E-state index contributed by atoms with van der Waals surface area (Å²) in [4.78, 5) is 0. The monoisotopic (exact) mass is 307 g/mol. The summed E-state index contributed by atoms with van der Waals surface area (Å²) in [6.45, 7) is 10.5. The van der Waals surface area contributed by atoms with Crippen LogP contribution in [-0.4, -0.2) is 9.78 Å². The molecule has 17 heavy (non-hydrogen) atoms. The maximum absolute atomic E-state index is 4.41. The second-order valence-electron chi connectivity index (χ2n) is 4.14. The zero-order valence-corrected chi connectivity index (χ0v) is 14.6. The van der Waals surface area contributed by atoms with Crippen LogP contribution in [0.5, 0.6) is 0 Å². The summed E-state index contributed by atoms with van der Waals surface area (Å²) < 4.78 is 1.95. The SMILES string of the molecule is CC.Cc1nn(C)c2cc(C(C)C)ccc12.[Y]. The molecular weight excluding hydrogens is 285 g/mol. The molecule has 0 bridgehead atoms. The van der Waals surface area contributed by atoms with E-state index in [1.54, 1.807) is 0 Å².